The quantitative estimate of drug-likeness (QED) is 0.551. The van der Waals surface area contributed by atoms with E-state index >= 15 is 0 Å². The Morgan fingerprint density at radius 1 is 1.03 bits per heavy atom. The Kier molecular flexibility index (Phi) is 8.47. The third-order valence-corrected chi connectivity index (χ3v) is 6.71. The topological polar surface area (TPSA) is 75.3 Å². The van der Waals surface area contributed by atoms with Crippen LogP contribution in [-0.4, -0.2) is 27.1 Å². The first-order valence-corrected chi connectivity index (χ1v) is 12.4. The van der Waals surface area contributed by atoms with E-state index < -0.39 is 9.84 Å². The molecule has 0 aliphatic rings. The first kappa shape index (κ1) is 24.4. The third kappa shape index (κ3) is 6.56. The van der Waals surface area contributed by atoms with Crippen LogP contribution < -0.4 is 10.6 Å². The number of carbonyl (C=O) groups excluding carboxylic acids is 1. The van der Waals surface area contributed by atoms with Gasteiger partial charge in [0.2, 0.25) is 5.91 Å². The molecule has 0 aliphatic carbocycles. The Hall–Kier alpha value is -1.89. The van der Waals surface area contributed by atoms with Crippen molar-refractivity contribution in [2.75, 3.05) is 18.1 Å². The second-order valence-electron chi connectivity index (χ2n) is 8.04. The summed E-state index contributed by atoms with van der Waals surface area (Å²) in [6, 6.07) is 12.8. The van der Waals surface area contributed by atoms with Gasteiger partial charge in [-0.1, -0.05) is 63.6 Å². The van der Waals surface area contributed by atoms with Crippen LogP contribution in [-0.2, 0) is 14.6 Å². The number of hydrogen-bond acceptors (Lipinski definition) is 4. The zero-order chi connectivity index (χ0) is 22.5. The van der Waals surface area contributed by atoms with Crippen molar-refractivity contribution in [3.8, 4) is 0 Å². The van der Waals surface area contributed by atoms with Gasteiger partial charge < -0.3 is 10.6 Å². The first-order valence-electron chi connectivity index (χ1n) is 10.2. The van der Waals surface area contributed by atoms with Crippen molar-refractivity contribution in [3.63, 3.8) is 0 Å². The van der Waals surface area contributed by atoms with Gasteiger partial charge in [-0.25, -0.2) is 8.42 Å². The number of nitrogens with one attached hydrogen (secondary N) is 2. The van der Waals surface area contributed by atoms with E-state index in [-0.39, 0.29) is 40.0 Å². The fourth-order valence-electron chi connectivity index (χ4n) is 3.23. The van der Waals surface area contributed by atoms with E-state index in [2.05, 4.69) is 62.6 Å². The molecule has 7 heteroatoms. The maximum Gasteiger partial charge on any atom is 0.238 e. The average molecular weight is 451 g/mol. The molecule has 2 N–H and O–H groups in total. The van der Waals surface area contributed by atoms with Crippen molar-refractivity contribution >= 4 is 33.0 Å². The molecule has 0 fully saturated rings. The molecule has 2 aromatic rings. The molecule has 5 nitrogen and oxygen atoms in total. The molecule has 1 amide bonds. The highest BCUT2D eigenvalue weighted by Gasteiger charge is 2.18. The van der Waals surface area contributed by atoms with Crippen molar-refractivity contribution in [1.29, 1.82) is 0 Å². The summed E-state index contributed by atoms with van der Waals surface area (Å²) in [5, 5.41) is 6.30. The van der Waals surface area contributed by atoms with Crippen molar-refractivity contribution in [3.05, 3.63) is 58.6 Å². The standard InChI is InChI=1S/C23H31ClN2O3S/c1-6-16(4)17-7-9-18(10-8-17)23(15(2)3)25-14-22(27)26-21-13-19(30(5,28)29)11-12-20(21)24/h7-13,15-16,23,25H,6,14H2,1-5H3,(H,26,27)/t16-,23+/m1/s1. The lowest BCUT2D eigenvalue weighted by molar-refractivity contribution is -0.115. The summed E-state index contributed by atoms with van der Waals surface area (Å²) in [4.78, 5) is 12.6. The van der Waals surface area contributed by atoms with Gasteiger partial charge in [0.15, 0.2) is 9.84 Å². The van der Waals surface area contributed by atoms with E-state index in [0.29, 0.717) is 5.92 Å². The van der Waals surface area contributed by atoms with E-state index in [1.54, 1.807) is 0 Å². The van der Waals surface area contributed by atoms with Crippen LogP contribution in [0, 0.1) is 5.92 Å². The second kappa shape index (κ2) is 10.4. The second-order valence-corrected chi connectivity index (χ2v) is 10.5. The van der Waals surface area contributed by atoms with Gasteiger partial charge in [0.05, 0.1) is 22.2 Å². The maximum absolute atomic E-state index is 12.5. The highest BCUT2D eigenvalue weighted by Crippen LogP contribution is 2.27. The van der Waals surface area contributed by atoms with E-state index in [1.165, 1.54) is 23.8 Å². The van der Waals surface area contributed by atoms with Crippen LogP contribution in [0.25, 0.3) is 0 Å². The van der Waals surface area contributed by atoms with E-state index in [0.717, 1.165) is 18.2 Å². The molecule has 2 aromatic carbocycles. The van der Waals surface area contributed by atoms with Crippen molar-refractivity contribution in [2.24, 2.45) is 5.92 Å². The Morgan fingerprint density at radius 2 is 1.63 bits per heavy atom. The van der Waals surface area contributed by atoms with E-state index in [4.69, 9.17) is 11.6 Å². The van der Waals surface area contributed by atoms with Crippen molar-refractivity contribution in [1.82, 2.24) is 5.32 Å². The van der Waals surface area contributed by atoms with Gasteiger partial charge in [-0.05, 0) is 47.6 Å². The molecule has 30 heavy (non-hydrogen) atoms. The molecule has 2 rings (SSSR count). The van der Waals surface area contributed by atoms with Crippen LogP contribution in [0.3, 0.4) is 0 Å². The zero-order valence-electron chi connectivity index (χ0n) is 18.2. The normalized spacial score (nSPS) is 13.8. The molecule has 0 saturated heterocycles. The Morgan fingerprint density at radius 3 is 2.17 bits per heavy atom. The number of hydrogen-bond donors (Lipinski definition) is 2. The van der Waals surface area contributed by atoms with Gasteiger partial charge in [0.1, 0.15) is 0 Å². The predicted octanol–water partition coefficient (Wildman–Crippen LogP) is 5.18. The Balaban J connectivity index is 2.07. The lowest BCUT2D eigenvalue weighted by atomic mass is 9.92. The summed E-state index contributed by atoms with van der Waals surface area (Å²) < 4.78 is 23.5. The number of benzene rings is 2. The Bertz CT molecular complexity index is 972. The molecule has 0 aromatic heterocycles. The molecule has 0 saturated carbocycles. The van der Waals surface area contributed by atoms with Gasteiger partial charge in [0.25, 0.3) is 0 Å². The minimum Gasteiger partial charge on any atom is -0.324 e. The van der Waals surface area contributed by atoms with Crippen LogP contribution in [0.15, 0.2) is 47.4 Å². The lowest BCUT2D eigenvalue weighted by Gasteiger charge is -2.23. The fraction of sp³-hybridized carbons (Fsp3) is 0.435. The maximum atomic E-state index is 12.5. The number of rotatable bonds is 9. The number of carbonyl (C=O) groups is 1. The molecular formula is C23H31ClN2O3S. The summed E-state index contributed by atoms with van der Waals surface area (Å²) in [7, 11) is -3.39. The van der Waals surface area contributed by atoms with E-state index in [1.807, 2.05) is 0 Å². The SMILES string of the molecule is CC[C@@H](C)c1ccc([C@@H](NCC(=O)Nc2cc(S(C)(=O)=O)ccc2Cl)C(C)C)cc1. The lowest BCUT2D eigenvalue weighted by Crippen LogP contribution is -2.33. The zero-order valence-corrected chi connectivity index (χ0v) is 19.8. The smallest absolute Gasteiger partial charge is 0.238 e. The average Bonchev–Trinajstić information content (AvgIpc) is 2.68. The highest BCUT2D eigenvalue weighted by molar-refractivity contribution is 7.90. The molecule has 2 atom stereocenters. The number of sulfone groups is 1. The molecule has 0 spiro atoms. The first-order chi connectivity index (χ1) is 14.0. The fourth-order valence-corrected chi connectivity index (χ4v) is 4.05. The van der Waals surface area contributed by atoms with Crippen LogP contribution >= 0.6 is 11.6 Å². The van der Waals surface area contributed by atoms with Crippen LogP contribution in [0.2, 0.25) is 5.02 Å². The summed E-state index contributed by atoms with van der Waals surface area (Å²) >= 11 is 6.12. The van der Waals surface area contributed by atoms with Crippen LogP contribution in [0.1, 0.15) is 57.2 Å². The number of halogens is 1. The largest absolute Gasteiger partial charge is 0.324 e. The van der Waals surface area contributed by atoms with Crippen molar-refractivity contribution < 1.29 is 13.2 Å². The minimum atomic E-state index is -3.39. The summed E-state index contributed by atoms with van der Waals surface area (Å²) in [5.74, 6) is 0.511. The minimum absolute atomic E-state index is 0.0135. The molecule has 0 aliphatic heterocycles. The number of anilines is 1. The van der Waals surface area contributed by atoms with Gasteiger partial charge in [0, 0.05) is 12.3 Å². The molecular weight excluding hydrogens is 420 g/mol. The van der Waals surface area contributed by atoms with Crippen molar-refractivity contribution in [2.45, 2.75) is 51.0 Å². The summed E-state index contributed by atoms with van der Waals surface area (Å²) in [6.07, 6.45) is 2.21. The van der Waals surface area contributed by atoms with Gasteiger partial charge >= 0.3 is 0 Å². The van der Waals surface area contributed by atoms with Crippen LogP contribution in [0.5, 0.6) is 0 Å². The van der Waals surface area contributed by atoms with Gasteiger partial charge in [-0.2, -0.15) is 0 Å². The monoisotopic (exact) mass is 450 g/mol. The summed E-state index contributed by atoms with van der Waals surface area (Å²) in [5.41, 5.74) is 2.72. The third-order valence-electron chi connectivity index (χ3n) is 5.27. The number of amides is 1. The predicted molar refractivity (Wildman–Crippen MR) is 124 cm³/mol. The molecule has 164 valence electrons. The van der Waals surface area contributed by atoms with Gasteiger partial charge in [-0.15, -0.1) is 0 Å². The molecule has 0 bridgehead atoms. The van der Waals surface area contributed by atoms with Gasteiger partial charge in [-0.3, -0.25) is 4.79 Å². The highest BCUT2D eigenvalue weighted by atomic mass is 35.5. The molecule has 0 heterocycles. The molecule has 0 radical (unpaired) electrons. The Labute approximate surface area is 185 Å². The van der Waals surface area contributed by atoms with E-state index in [9.17, 15) is 13.2 Å². The summed E-state index contributed by atoms with van der Waals surface area (Å²) in [6.45, 7) is 8.67. The van der Waals surface area contributed by atoms with Crippen LogP contribution in [0.4, 0.5) is 5.69 Å². The molecule has 0 unspecified atom stereocenters.